The molecule has 0 radical (unpaired) electrons. The lowest BCUT2D eigenvalue weighted by molar-refractivity contribution is -0.125. The first kappa shape index (κ1) is 18.5. The number of benzene rings is 1. The molecule has 2 aromatic rings. The molecule has 0 fully saturated rings. The standard InChI is InChI=1S/C17H21N5O5/c1-9-18-17-20-16(24)10(8-22(17)21-9)5-14(23)19-11-6-12(25-2)15(27-4)13(7-11)26-3/h6-7,10H,5,8H2,1-4H3,(H,19,23)(H,18,20,21,24)/t10-/m1/s1. The number of hydrogen-bond acceptors (Lipinski definition) is 7. The van der Waals surface area contributed by atoms with Gasteiger partial charge in [0.1, 0.15) is 5.82 Å². The molecule has 1 aliphatic heterocycles. The Morgan fingerprint density at radius 2 is 1.93 bits per heavy atom. The first-order valence-corrected chi connectivity index (χ1v) is 8.27. The van der Waals surface area contributed by atoms with Crippen LogP contribution in [0.25, 0.3) is 0 Å². The minimum Gasteiger partial charge on any atom is -0.493 e. The minimum absolute atomic E-state index is 0.000834. The van der Waals surface area contributed by atoms with Gasteiger partial charge in [-0.25, -0.2) is 4.68 Å². The van der Waals surface area contributed by atoms with Gasteiger partial charge in [0.2, 0.25) is 23.5 Å². The number of carbonyl (C=O) groups excluding carboxylic acids is 2. The summed E-state index contributed by atoms with van der Waals surface area (Å²) < 4.78 is 17.4. The van der Waals surface area contributed by atoms with E-state index in [1.165, 1.54) is 21.3 Å². The van der Waals surface area contributed by atoms with Crippen molar-refractivity contribution < 1.29 is 23.8 Å². The van der Waals surface area contributed by atoms with Gasteiger partial charge in [0, 0.05) is 24.2 Å². The molecule has 0 bridgehead atoms. The SMILES string of the molecule is COc1cc(NC(=O)C[C@@H]2Cn3nc(C)nc3NC2=O)cc(OC)c1OC. The molecule has 0 aliphatic carbocycles. The van der Waals surface area contributed by atoms with Crippen molar-refractivity contribution in [1.29, 1.82) is 0 Å². The number of carbonyl (C=O) groups is 2. The molecule has 1 aliphatic rings. The number of hydrogen-bond donors (Lipinski definition) is 2. The molecule has 1 atom stereocenters. The summed E-state index contributed by atoms with van der Waals surface area (Å²) in [6.07, 6.45) is 0.000834. The highest BCUT2D eigenvalue weighted by atomic mass is 16.5. The van der Waals surface area contributed by atoms with Crippen LogP contribution in [0.5, 0.6) is 17.2 Å². The molecular formula is C17H21N5O5. The number of amides is 2. The number of nitrogens with zero attached hydrogens (tertiary/aromatic N) is 3. The molecule has 10 heteroatoms. The largest absolute Gasteiger partial charge is 0.493 e. The summed E-state index contributed by atoms with van der Waals surface area (Å²) in [5.41, 5.74) is 0.475. The Bertz CT molecular complexity index is 854. The lowest BCUT2D eigenvalue weighted by atomic mass is 10.0. The van der Waals surface area contributed by atoms with Crippen LogP contribution < -0.4 is 24.8 Å². The summed E-state index contributed by atoms with van der Waals surface area (Å²) in [5.74, 6) is 1.13. The van der Waals surface area contributed by atoms with Gasteiger partial charge in [-0.05, 0) is 6.92 Å². The van der Waals surface area contributed by atoms with Crippen molar-refractivity contribution in [2.75, 3.05) is 32.0 Å². The third kappa shape index (κ3) is 3.78. The fourth-order valence-electron chi connectivity index (χ4n) is 2.93. The van der Waals surface area contributed by atoms with Crippen molar-refractivity contribution in [3.63, 3.8) is 0 Å². The quantitative estimate of drug-likeness (QED) is 0.779. The van der Waals surface area contributed by atoms with Crippen molar-refractivity contribution in [2.24, 2.45) is 5.92 Å². The molecule has 1 aromatic carbocycles. The fraction of sp³-hybridized carbons (Fsp3) is 0.412. The Labute approximate surface area is 155 Å². The van der Waals surface area contributed by atoms with E-state index in [2.05, 4.69) is 20.7 Å². The molecule has 2 heterocycles. The molecule has 144 valence electrons. The smallest absolute Gasteiger partial charge is 0.232 e. The van der Waals surface area contributed by atoms with E-state index in [1.54, 1.807) is 23.7 Å². The van der Waals surface area contributed by atoms with Crippen LogP contribution in [0, 0.1) is 12.8 Å². The monoisotopic (exact) mass is 375 g/mol. The van der Waals surface area contributed by atoms with Crippen LogP contribution in [0.1, 0.15) is 12.2 Å². The molecular weight excluding hydrogens is 354 g/mol. The van der Waals surface area contributed by atoms with Gasteiger partial charge in [-0.15, -0.1) is 0 Å². The van der Waals surface area contributed by atoms with Crippen molar-refractivity contribution in [1.82, 2.24) is 14.8 Å². The number of anilines is 2. The summed E-state index contributed by atoms with van der Waals surface area (Å²) in [7, 11) is 4.49. The number of aromatic nitrogens is 3. The Balaban J connectivity index is 1.72. The van der Waals surface area contributed by atoms with Crippen molar-refractivity contribution >= 4 is 23.5 Å². The van der Waals surface area contributed by atoms with Gasteiger partial charge in [0.05, 0.1) is 33.8 Å². The normalized spacial score (nSPS) is 15.6. The summed E-state index contributed by atoms with van der Waals surface area (Å²) in [4.78, 5) is 28.8. The second-order valence-electron chi connectivity index (χ2n) is 6.02. The lowest BCUT2D eigenvalue weighted by Gasteiger charge is -2.22. The second-order valence-corrected chi connectivity index (χ2v) is 6.02. The highest BCUT2D eigenvalue weighted by molar-refractivity contribution is 5.98. The Morgan fingerprint density at radius 3 is 2.52 bits per heavy atom. The van der Waals surface area contributed by atoms with Gasteiger partial charge in [-0.1, -0.05) is 0 Å². The Hall–Kier alpha value is -3.30. The molecule has 3 rings (SSSR count). The van der Waals surface area contributed by atoms with Crippen LogP contribution in [-0.2, 0) is 16.1 Å². The van der Waals surface area contributed by atoms with Gasteiger partial charge >= 0.3 is 0 Å². The van der Waals surface area contributed by atoms with Crippen LogP contribution in [0.3, 0.4) is 0 Å². The van der Waals surface area contributed by atoms with Gasteiger partial charge < -0.3 is 19.5 Å². The molecule has 10 nitrogen and oxygen atoms in total. The van der Waals surface area contributed by atoms with Crippen LogP contribution >= 0.6 is 0 Å². The predicted molar refractivity (Wildman–Crippen MR) is 96.2 cm³/mol. The zero-order valence-corrected chi connectivity index (χ0v) is 15.5. The third-order valence-electron chi connectivity index (χ3n) is 4.16. The van der Waals surface area contributed by atoms with E-state index in [1.807, 2.05) is 0 Å². The van der Waals surface area contributed by atoms with Crippen molar-refractivity contribution in [3.05, 3.63) is 18.0 Å². The average molecular weight is 375 g/mol. The topological polar surface area (TPSA) is 117 Å². The number of aryl methyl sites for hydroxylation is 1. The van der Waals surface area contributed by atoms with Crippen LogP contribution in [0.4, 0.5) is 11.6 Å². The highest BCUT2D eigenvalue weighted by Gasteiger charge is 2.30. The number of rotatable bonds is 6. The fourth-order valence-corrected chi connectivity index (χ4v) is 2.93. The zero-order valence-electron chi connectivity index (χ0n) is 15.5. The Kier molecular flexibility index (Phi) is 5.15. The number of fused-ring (bicyclic) bond motifs is 1. The third-order valence-corrected chi connectivity index (χ3v) is 4.16. The molecule has 0 spiro atoms. The molecule has 27 heavy (non-hydrogen) atoms. The molecule has 1 aromatic heterocycles. The summed E-state index contributed by atoms with van der Waals surface area (Å²) in [5, 5.41) is 9.63. The van der Waals surface area contributed by atoms with Gasteiger partial charge in [-0.3, -0.25) is 14.9 Å². The molecule has 2 N–H and O–H groups in total. The Morgan fingerprint density at radius 1 is 1.26 bits per heavy atom. The molecule has 2 amide bonds. The number of methoxy groups -OCH3 is 3. The second kappa shape index (κ2) is 7.52. The summed E-state index contributed by atoms with van der Waals surface area (Å²) >= 11 is 0. The molecule has 0 saturated heterocycles. The van der Waals surface area contributed by atoms with Crippen LogP contribution in [-0.4, -0.2) is 47.9 Å². The highest BCUT2D eigenvalue weighted by Crippen LogP contribution is 2.40. The molecule has 0 saturated carbocycles. The first-order chi connectivity index (χ1) is 12.9. The van der Waals surface area contributed by atoms with Crippen LogP contribution in [0.2, 0.25) is 0 Å². The summed E-state index contributed by atoms with van der Waals surface area (Å²) in [6.45, 7) is 2.04. The van der Waals surface area contributed by atoms with E-state index in [4.69, 9.17) is 14.2 Å². The predicted octanol–water partition coefficient (Wildman–Crippen LogP) is 1.21. The number of ether oxygens (including phenoxy) is 3. The summed E-state index contributed by atoms with van der Waals surface area (Å²) in [6, 6.07) is 3.25. The molecule has 0 unspecified atom stereocenters. The first-order valence-electron chi connectivity index (χ1n) is 8.27. The maximum absolute atomic E-state index is 12.4. The van der Waals surface area contributed by atoms with E-state index in [9.17, 15) is 9.59 Å². The van der Waals surface area contributed by atoms with E-state index in [0.717, 1.165) is 0 Å². The van der Waals surface area contributed by atoms with Gasteiger partial charge in [-0.2, -0.15) is 10.1 Å². The van der Waals surface area contributed by atoms with Gasteiger partial charge in [0.15, 0.2) is 11.5 Å². The van der Waals surface area contributed by atoms with Crippen molar-refractivity contribution in [3.8, 4) is 17.2 Å². The average Bonchev–Trinajstić information content (AvgIpc) is 2.99. The van der Waals surface area contributed by atoms with E-state index in [0.29, 0.717) is 41.3 Å². The van der Waals surface area contributed by atoms with Crippen LogP contribution in [0.15, 0.2) is 12.1 Å². The maximum Gasteiger partial charge on any atom is 0.232 e. The van der Waals surface area contributed by atoms with E-state index >= 15 is 0 Å². The maximum atomic E-state index is 12.4. The minimum atomic E-state index is -0.541. The van der Waals surface area contributed by atoms with E-state index in [-0.39, 0.29) is 18.2 Å². The van der Waals surface area contributed by atoms with E-state index < -0.39 is 5.92 Å². The van der Waals surface area contributed by atoms with Crippen molar-refractivity contribution in [2.45, 2.75) is 19.9 Å². The van der Waals surface area contributed by atoms with Gasteiger partial charge in [0.25, 0.3) is 0 Å². The number of nitrogens with one attached hydrogen (secondary N) is 2. The zero-order chi connectivity index (χ0) is 19.6. The lowest BCUT2D eigenvalue weighted by Crippen LogP contribution is -2.36.